The number of amides is 1. The molecule has 156 valence electrons. The van der Waals surface area contributed by atoms with Crippen molar-refractivity contribution in [2.24, 2.45) is 5.73 Å². The number of nitrogens with zero attached hydrogens (tertiary/aromatic N) is 1. The Balaban J connectivity index is 2.17. The highest BCUT2D eigenvalue weighted by molar-refractivity contribution is 6.02. The lowest BCUT2D eigenvalue weighted by Gasteiger charge is -2.14. The second kappa shape index (κ2) is 8.86. The molecule has 6 nitrogen and oxygen atoms in total. The van der Waals surface area contributed by atoms with Gasteiger partial charge in [0.15, 0.2) is 0 Å². The molecule has 0 spiro atoms. The van der Waals surface area contributed by atoms with Crippen LogP contribution in [0.5, 0.6) is 5.75 Å². The lowest BCUT2D eigenvalue weighted by molar-refractivity contribution is 0.0600. The standard InChI is InChI=1S/C24H26N2O4/c1-5-19-22(16-10-12-17(13-11-16)24(28)30-4)21(23(25)27)15(2)26(19)14-18-8-6-7-9-20(18)29-3/h6-13H,5,14H2,1-4H3,(H2,25,27). The fourth-order valence-corrected chi connectivity index (χ4v) is 3.89. The summed E-state index contributed by atoms with van der Waals surface area (Å²) in [6.45, 7) is 4.51. The third-order valence-corrected chi connectivity index (χ3v) is 5.33. The number of para-hydroxylation sites is 1. The van der Waals surface area contributed by atoms with Crippen molar-refractivity contribution >= 4 is 11.9 Å². The van der Waals surface area contributed by atoms with Crippen LogP contribution in [-0.4, -0.2) is 30.7 Å². The van der Waals surface area contributed by atoms with Gasteiger partial charge in [-0.15, -0.1) is 0 Å². The third kappa shape index (κ3) is 3.81. The summed E-state index contributed by atoms with van der Waals surface area (Å²) >= 11 is 0. The van der Waals surface area contributed by atoms with E-state index in [1.807, 2.05) is 50.2 Å². The van der Waals surface area contributed by atoms with Crippen LogP contribution in [0, 0.1) is 6.92 Å². The number of rotatable bonds is 7. The number of ether oxygens (including phenoxy) is 2. The molecule has 0 aliphatic carbocycles. The number of primary amides is 1. The summed E-state index contributed by atoms with van der Waals surface area (Å²) in [4.78, 5) is 24.2. The Kier molecular flexibility index (Phi) is 6.26. The molecule has 2 aromatic carbocycles. The maximum Gasteiger partial charge on any atom is 0.337 e. The Hall–Kier alpha value is -3.54. The molecule has 0 aliphatic rings. The monoisotopic (exact) mass is 406 g/mol. The average molecular weight is 406 g/mol. The predicted molar refractivity (Wildman–Crippen MR) is 116 cm³/mol. The fourth-order valence-electron chi connectivity index (χ4n) is 3.89. The van der Waals surface area contributed by atoms with Gasteiger partial charge >= 0.3 is 5.97 Å². The molecule has 30 heavy (non-hydrogen) atoms. The van der Waals surface area contributed by atoms with Gasteiger partial charge in [-0.05, 0) is 37.1 Å². The first-order valence-corrected chi connectivity index (χ1v) is 9.75. The zero-order chi connectivity index (χ0) is 21.8. The SMILES string of the molecule is CCc1c(-c2ccc(C(=O)OC)cc2)c(C(N)=O)c(C)n1Cc1ccccc1OC. The molecule has 6 heteroatoms. The van der Waals surface area contributed by atoms with Crippen LogP contribution in [0.1, 0.15) is 44.6 Å². The molecular formula is C24H26N2O4. The average Bonchev–Trinajstić information content (AvgIpc) is 3.05. The second-order valence-corrected chi connectivity index (χ2v) is 6.97. The fraction of sp³-hybridized carbons (Fsp3) is 0.250. The highest BCUT2D eigenvalue weighted by Gasteiger charge is 2.24. The molecule has 2 N–H and O–H groups in total. The van der Waals surface area contributed by atoms with E-state index in [9.17, 15) is 9.59 Å². The van der Waals surface area contributed by atoms with Gasteiger partial charge in [0.2, 0.25) is 0 Å². The maximum absolute atomic E-state index is 12.4. The minimum absolute atomic E-state index is 0.405. The van der Waals surface area contributed by atoms with Gasteiger partial charge < -0.3 is 19.8 Å². The van der Waals surface area contributed by atoms with E-state index in [1.165, 1.54) is 7.11 Å². The highest BCUT2D eigenvalue weighted by atomic mass is 16.5. The second-order valence-electron chi connectivity index (χ2n) is 6.97. The molecule has 0 radical (unpaired) electrons. The summed E-state index contributed by atoms with van der Waals surface area (Å²) in [5.74, 6) is -0.0948. The number of methoxy groups -OCH3 is 2. The van der Waals surface area contributed by atoms with E-state index in [2.05, 4.69) is 4.57 Å². The number of esters is 1. The van der Waals surface area contributed by atoms with Crippen molar-refractivity contribution in [1.82, 2.24) is 4.57 Å². The van der Waals surface area contributed by atoms with Gasteiger partial charge in [-0.2, -0.15) is 0 Å². The molecular weight excluding hydrogens is 380 g/mol. The van der Waals surface area contributed by atoms with E-state index >= 15 is 0 Å². The number of nitrogens with two attached hydrogens (primary N) is 1. The number of benzene rings is 2. The number of hydrogen-bond acceptors (Lipinski definition) is 4. The molecule has 1 heterocycles. The van der Waals surface area contributed by atoms with Crippen molar-refractivity contribution in [1.29, 1.82) is 0 Å². The van der Waals surface area contributed by atoms with E-state index in [4.69, 9.17) is 15.2 Å². The van der Waals surface area contributed by atoms with Gasteiger partial charge in [-0.1, -0.05) is 37.3 Å². The van der Waals surface area contributed by atoms with Crippen LogP contribution in [0.15, 0.2) is 48.5 Å². The van der Waals surface area contributed by atoms with Crippen molar-refractivity contribution in [3.8, 4) is 16.9 Å². The van der Waals surface area contributed by atoms with Gasteiger partial charge in [0.05, 0.1) is 31.9 Å². The van der Waals surface area contributed by atoms with Crippen molar-refractivity contribution in [2.75, 3.05) is 14.2 Å². The summed E-state index contributed by atoms with van der Waals surface area (Å²) < 4.78 is 12.4. The summed E-state index contributed by atoms with van der Waals surface area (Å²) in [5, 5.41) is 0. The van der Waals surface area contributed by atoms with E-state index in [1.54, 1.807) is 19.2 Å². The predicted octanol–water partition coefficient (Wildman–Crippen LogP) is 3.97. The maximum atomic E-state index is 12.4. The van der Waals surface area contributed by atoms with Crippen LogP contribution in [-0.2, 0) is 17.7 Å². The molecule has 0 saturated heterocycles. The Labute approximate surface area is 176 Å². The third-order valence-electron chi connectivity index (χ3n) is 5.33. The number of carbonyl (C=O) groups is 2. The Bertz CT molecular complexity index is 1080. The zero-order valence-corrected chi connectivity index (χ0v) is 17.7. The molecule has 0 atom stereocenters. The normalized spacial score (nSPS) is 10.7. The Morgan fingerprint density at radius 1 is 1.03 bits per heavy atom. The van der Waals surface area contributed by atoms with Gasteiger partial charge in [0.25, 0.3) is 5.91 Å². The lowest BCUT2D eigenvalue weighted by atomic mass is 9.98. The van der Waals surface area contributed by atoms with Crippen LogP contribution in [0.25, 0.3) is 11.1 Å². The zero-order valence-electron chi connectivity index (χ0n) is 17.7. The van der Waals surface area contributed by atoms with Gasteiger partial charge in [-0.25, -0.2) is 4.79 Å². The van der Waals surface area contributed by atoms with Crippen molar-refractivity contribution < 1.29 is 19.1 Å². The first-order chi connectivity index (χ1) is 14.4. The Morgan fingerprint density at radius 2 is 1.70 bits per heavy atom. The molecule has 0 unspecified atom stereocenters. The van der Waals surface area contributed by atoms with Gasteiger partial charge in [0, 0.05) is 22.5 Å². The summed E-state index contributed by atoms with van der Waals surface area (Å²) in [6, 6.07) is 14.8. The summed E-state index contributed by atoms with van der Waals surface area (Å²) in [7, 11) is 2.99. The first kappa shape index (κ1) is 21.2. The van der Waals surface area contributed by atoms with Crippen LogP contribution < -0.4 is 10.5 Å². The molecule has 0 bridgehead atoms. The molecule has 1 amide bonds. The van der Waals surface area contributed by atoms with Crippen molar-refractivity contribution in [3.05, 3.63) is 76.6 Å². The quantitative estimate of drug-likeness (QED) is 0.602. The minimum atomic E-state index is -0.479. The number of hydrogen-bond donors (Lipinski definition) is 1. The number of aromatic nitrogens is 1. The van der Waals surface area contributed by atoms with Crippen LogP contribution in [0.2, 0.25) is 0 Å². The molecule has 1 aromatic heterocycles. The molecule has 3 aromatic rings. The topological polar surface area (TPSA) is 83.5 Å². The van der Waals surface area contributed by atoms with E-state index in [0.29, 0.717) is 24.1 Å². The van der Waals surface area contributed by atoms with Crippen molar-refractivity contribution in [3.63, 3.8) is 0 Å². The minimum Gasteiger partial charge on any atom is -0.496 e. The molecule has 0 aliphatic heterocycles. The van der Waals surface area contributed by atoms with Crippen LogP contribution >= 0.6 is 0 Å². The first-order valence-electron chi connectivity index (χ1n) is 9.75. The smallest absolute Gasteiger partial charge is 0.337 e. The molecule has 3 rings (SSSR count). The number of carbonyl (C=O) groups excluding carboxylic acids is 2. The van der Waals surface area contributed by atoms with Crippen LogP contribution in [0.4, 0.5) is 0 Å². The highest BCUT2D eigenvalue weighted by Crippen LogP contribution is 2.34. The lowest BCUT2D eigenvalue weighted by Crippen LogP contribution is -2.14. The van der Waals surface area contributed by atoms with E-state index < -0.39 is 11.9 Å². The van der Waals surface area contributed by atoms with E-state index in [-0.39, 0.29) is 0 Å². The van der Waals surface area contributed by atoms with Gasteiger partial charge in [0.1, 0.15) is 5.75 Å². The largest absolute Gasteiger partial charge is 0.496 e. The van der Waals surface area contributed by atoms with Crippen molar-refractivity contribution in [2.45, 2.75) is 26.8 Å². The summed E-state index contributed by atoms with van der Waals surface area (Å²) in [5.41, 5.74) is 11.2. The molecule has 0 fully saturated rings. The van der Waals surface area contributed by atoms with Crippen LogP contribution in [0.3, 0.4) is 0 Å². The van der Waals surface area contributed by atoms with Gasteiger partial charge in [-0.3, -0.25) is 4.79 Å². The Morgan fingerprint density at radius 3 is 2.27 bits per heavy atom. The van der Waals surface area contributed by atoms with E-state index in [0.717, 1.165) is 33.8 Å². The summed E-state index contributed by atoms with van der Waals surface area (Å²) in [6.07, 6.45) is 0.706. The molecule has 0 saturated carbocycles.